The Morgan fingerprint density at radius 2 is 2.11 bits per heavy atom. The van der Waals surface area contributed by atoms with Gasteiger partial charge in [0.1, 0.15) is 17.7 Å². The molecule has 0 aromatic heterocycles. The highest BCUT2D eigenvalue weighted by molar-refractivity contribution is 6.32. The van der Waals surface area contributed by atoms with Gasteiger partial charge in [-0.05, 0) is 24.1 Å². The fraction of sp³-hybridized carbons (Fsp3) is 0.167. The smallest absolute Gasteiger partial charge is 0.147 e. The van der Waals surface area contributed by atoms with Gasteiger partial charge in [0.05, 0.1) is 5.69 Å². The van der Waals surface area contributed by atoms with Crippen LogP contribution >= 0.6 is 23.4 Å². The fourth-order valence-corrected chi connectivity index (χ4v) is 1.69. The molecule has 0 heterocycles. The van der Waals surface area contributed by atoms with Crippen molar-refractivity contribution in [2.24, 2.45) is 0 Å². The molecule has 1 aromatic carbocycles. The molecule has 18 heavy (non-hydrogen) atoms. The van der Waals surface area contributed by atoms with Gasteiger partial charge in [0, 0.05) is 23.0 Å². The summed E-state index contributed by atoms with van der Waals surface area (Å²) in [6.07, 6.45) is 2.05. The van der Waals surface area contributed by atoms with Crippen molar-refractivity contribution in [3.8, 4) is 12.1 Å². The largest absolute Gasteiger partial charge is 0.289 e. The van der Waals surface area contributed by atoms with Crippen LogP contribution in [-0.4, -0.2) is 0 Å². The second-order valence-electron chi connectivity index (χ2n) is 3.32. The van der Waals surface area contributed by atoms with Crippen molar-refractivity contribution in [2.45, 2.75) is 13.3 Å². The van der Waals surface area contributed by atoms with Crippen LogP contribution in [0.1, 0.15) is 12.5 Å². The van der Waals surface area contributed by atoms with E-state index in [1.165, 1.54) is 6.20 Å². The Morgan fingerprint density at radius 3 is 2.61 bits per heavy atom. The molecule has 0 bridgehead atoms. The summed E-state index contributed by atoms with van der Waals surface area (Å²) in [5.74, 6) is 0. The summed E-state index contributed by atoms with van der Waals surface area (Å²) in [5, 5.41) is 17.7. The second kappa shape index (κ2) is 6.76. The maximum atomic E-state index is 8.56. The van der Waals surface area contributed by atoms with Crippen molar-refractivity contribution < 1.29 is 0 Å². The number of allylic oxidation sites excluding steroid dienone is 1. The van der Waals surface area contributed by atoms with Crippen LogP contribution in [0, 0.1) is 22.7 Å². The number of nitrogens with zero attached hydrogens (tertiary/aromatic N) is 3. The SMILES string of the molecule is CCc1ccc(N(Cl)NC=C(C#N)C#N)cc1Cl. The lowest BCUT2D eigenvalue weighted by Crippen LogP contribution is -2.24. The van der Waals surface area contributed by atoms with Gasteiger partial charge in [0.25, 0.3) is 0 Å². The molecule has 1 rings (SSSR count). The number of halogens is 2. The first-order valence-electron chi connectivity index (χ1n) is 5.13. The third kappa shape index (κ3) is 3.56. The van der Waals surface area contributed by atoms with Crippen molar-refractivity contribution >= 4 is 29.1 Å². The molecular formula is C12H10Cl2N4. The number of hydrazine groups is 1. The van der Waals surface area contributed by atoms with Crippen molar-refractivity contribution in [3.63, 3.8) is 0 Å². The van der Waals surface area contributed by atoms with Crippen LogP contribution in [0.15, 0.2) is 30.0 Å². The topological polar surface area (TPSA) is 62.9 Å². The van der Waals surface area contributed by atoms with Gasteiger partial charge in [-0.15, -0.1) is 0 Å². The lowest BCUT2D eigenvalue weighted by molar-refractivity contribution is 0.945. The molecule has 4 nitrogen and oxygen atoms in total. The monoisotopic (exact) mass is 280 g/mol. The van der Waals surface area contributed by atoms with Crippen LogP contribution < -0.4 is 9.95 Å². The number of nitriles is 2. The van der Waals surface area contributed by atoms with E-state index in [9.17, 15) is 0 Å². The second-order valence-corrected chi connectivity index (χ2v) is 4.07. The molecule has 0 atom stereocenters. The molecule has 0 aliphatic heterocycles. The number of benzene rings is 1. The van der Waals surface area contributed by atoms with Gasteiger partial charge in [-0.25, -0.2) is 0 Å². The molecule has 0 saturated heterocycles. The minimum absolute atomic E-state index is 0.0723. The Hall–Kier alpha value is -1.88. The summed E-state index contributed by atoms with van der Waals surface area (Å²) in [7, 11) is 0. The minimum Gasteiger partial charge on any atom is -0.289 e. The highest BCUT2D eigenvalue weighted by atomic mass is 35.5. The van der Waals surface area contributed by atoms with Crippen molar-refractivity contribution in [1.29, 1.82) is 10.5 Å². The summed E-state index contributed by atoms with van der Waals surface area (Å²) in [4.78, 5) is 0. The first-order chi connectivity index (χ1) is 8.62. The van der Waals surface area contributed by atoms with E-state index < -0.39 is 0 Å². The molecule has 0 spiro atoms. The van der Waals surface area contributed by atoms with Gasteiger partial charge in [-0.1, -0.05) is 24.6 Å². The van der Waals surface area contributed by atoms with E-state index in [0.717, 1.165) is 16.5 Å². The average molecular weight is 281 g/mol. The molecule has 92 valence electrons. The van der Waals surface area contributed by atoms with E-state index in [2.05, 4.69) is 5.43 Å². The van der Waals surface area contributed by atoms with Gasteiger partial charge in [-0.3, -0.25) is 5.43 Å². The lowest BCUT2D eigenvalue weighted by Gasteiger charge is -2.16. The predicted molar refractivity (Wildman–Crippen MR) is 71.6 cm³/mol. The van der Waals surface area contributed by atoms with Crippen molar-refractivity contribution in [2.75, 3.05) is 4.53 Å². The molecular weight excluding hydrogens is 271 g/mol. The number of aryl methyl sites for hydroxylation is 1. The normalized spacial score (nSPS) is 8.94. The standard InChI is InChI=1S/C12H10Cl2N4/c1-2-10-3-4-11(5-12(10)13)18(14)17-8-9(6-15)7-16/h3-5,8,17H,2H2,1H3. The first kappa shape index (κ1) is 14.2. The Kier molecular flexibility index (Phi) is 5.32. The number of hydrogen-bond donors (Lipinski definition) is 1. The predicted octanol–water partition coefficient (Wildman–Crippen LogP) is 3.30. The molecule has 0 saturated carbocycles. The zero-order valence-electron chi connectivity index (χ0n) is 9.61. The fourth-order valence-electron chi connectivity index (χ4n) is 1.23. The number of rotatable bonds is 4. The quantitative estimate of drug-likeness (QED) is 0.522. The summed E-state index contributed by atoms with van der Waals surface area (Å²) < 4.78 is 1.15. The maximum absolute atomic E-state index is 8.56. The van der Waals surface area contributed by atoms with E-state index in [0.29, 0.717) is 10.7 Å². The van der Waals surface area contributed by atoms with Crippen LogP contribution in [0.3, 0.4) is 0 Å². The van der Waals surface area contributed by atoms with Gasteiger partial charge >= 0.3 is 0 Å². The summed E-state index contributed by atoms with van der Waals surface area (Å²) in [6, 6.07) is 8.79. The zero-order valence-corrected chi connectivity index (χ0v) is 11.1. The minimum atomic E-state index is -0.0723. The molecule has 0 amide bonds. The Balaban J connectivity index is 2.83. The van der Waals surface area contributed by atoms with Gasteiger partial charge in [0.2, 0.25) is 0 Å². The Bertz CT molecular complexity index is 524. The molecule has 0 unspecified atom stereocenters. The Morgan fingerprint density at radius 1 is 1.44 bits per heavy atom. The third-order valence-corrected chi connectivity index (χ3v) is 2.85. The lowest BCUT2D eigenvalue weighted by atomic mass is 10.1. The molecule has 1 N–H and O–H groups in total. The molecule has 1 aromatic rings. The molecule has 6 heteroatoms. The van der Waals surface area contributed by atoms with Crippen LogP contribution in [0.25, 0.3) is 0 Å². The van der Waals surface area contributed by atoms with Crippen LogP contribution in [0.2, 0.25) is 5.02 Å². The van der Waals surface area contributed by atoms with E-state index >= 15 is 0 Å². The average Bonchev–Trinajstić information content (AvgIpc) is 2.39. The van der Waals surface area contributed by atoms with Gasteiger partial charge in [0.15, 0.2) is 0 Å². The number of anilines is 1. The van der Waals surface area contributed by atoms with Crippen LogP contribution in [-0.2, 0) is 6.42 Å². The number of nitrogens with one attached hydrogen (secondary N) is 1. The van der Waals surface area contributed by atoms with E-state index in [1.54, 1.807) is 24.3 Å². The molecule has 0 fully saturated rings. The molecule has 0 aliphatic rings. The number of hydrogen-bond acceptors (Lipinski definition) is 4. The van der Waals surface area contributed by atoms with Gasteiger partial charge < -0.3 is 0 Å². The molecule has 0 radical (unpaired) electrons. The highest BCUT2D eigenvalue weighted by Crippen LogP contribution is 2.24. The van der Waals surface area contributed by atoms with Crippen LogP contribution in [0.5, 0.6) is 0 Å². The van der Waals surface area contributed by atoms with Crippen molar-refractivity contribution in [3.05, 3.63) is 40.6 Å². The highest BCUT2D eigenvalue weighted by Gasteiger charge is 2.05. The Labute approximate surface area is 116 Å². The zero-order chi connectivity index (χ0) is 13.5. The van der Waals surface area contributed by atoms with Crippen LogP contribution in [0.4, 0.5) is 5.69 Å². The summed E-state index contributed by atoms with van der Waals surface area (Å²) in [5.41, 5.74) is 4.17. The van der Waals surface area contributed by atoms with Crippen molar-refractivity contribution in [1.82, 2.24) is 5.43 Å². The first-order valence-corrected chi connectivity index (χ1v) is 5.84. The summed E-state index contributed by atoms with van der Waals surface area (Å²) in [6.45, 7) is 2.01. The molecule has 0 aliphatic carbocycles. The third-order valence-electron chi connectivity index (χ3n) is 2.21. The van der Waals surface area contributed by atoms with E-state index in [-0.39, 0.29) is 5.57 Å². The summed E-state index contributed by atoms with van der Waals surface area (Å²) >= 11 is 12.0. The van der Waals surface area contributed by atoms with Gasteiger partial charge in [-0.2, -0.15) is 15.1 Å². The van der Waals surface area contributed by atoms with E-state index in [1.807, 2.05) is 13.0 Å². The van der Waals surface area contributed by atoms with E-state index in [4.69, 9.17) is 33.9 Å². The maximum Gasteiger partial charge on any atom is 0.147 e.